The number of carboxylic acids is 1. The van der Waals surface area contributed by atoms with Gasteiger partial charge in [0.2, 0.25) is 0 Å². The highest BCUT2D eigenvalue weighted by Crippen LogP contribution is 2.39. The van der Waals surface area contributed by atoms with E-state index in [0.717, 1.165) is 0 Å². The van der Waals surface area contributed by atoms with Crippen LogP contribution in [0.1, 0.15) is 25.3 Å². The highest BCUT2D eigenvalue weighted by molar-refractivity contribution is 5.99. The van der Waals surface area contributed by atoms with Crippen LogP contribution in [-0.4, -0.2) is 29.1 Å². The minimum absolute atomic E-state index is 0.00477. The molecule has 0 spiro atoms. The maximum Gasteiger partial charge on any atom is 0.336 e. The lowest BCUT2D eigenvalue weighted by atomic mass is 9.80. The molecule has 8 heteroatoms. The molecule has 0 bridgehead atoms. The first kappa shape index (κ1) is 17.2. The fourth-order valence-corrected chi connectivity index (χ4v) is 2.78. The second-order valence-corrected chi connectivity index (χ2v) is 5.28. The molecule has 0 saturated carbocycles. The summed E-state index contributed by atoms with van der Waals surface area (Å²) in [7, 11) is 1.21. The number of nitro groups is 1. The topological polar surface area (TPSA) is 119 Å². The number of carbonyl (C=O) groups excluding carboxylic acids is 1. The molecule has 0 aliphatic carbocycles. The average Bonchev–Trinajstić information content (AvgIpc) is 2.53. The number of ether oxygens (including phenoxy) is 1. The molecule has 1 atom stereocenters. The zero-order valence-electron chi connectivity index (χ0n) is 13.3. The number of allylic oxidation sites excluding steroid dienone is 2. The molecule has 8 nitrogen and oxygen atoms in total. The first-order valence-corrected chi connectivity index (χ1v) is 7.02. The maximum atomic E-state index is 12.2. The van der Waals surface area contributed by atoms with Crippen LogP contribution in [0.15, 0.2) is 46.8 Å². The van der Waals surface area contributed by atoms with Crippen molar-refractivity contribution in [1.82, 2.24) is 5.32 Å². The van der Waals surface area contributed by atoms with Crippen molar-refractivity contribution in [2.75, 3.05) is 7.11 Å². The molecule has 1 heterocycles. The molecule has 126 valence electrons. The van der Waals surface area contributed by atoms with Gasteiger partial charge < -0.3 is 15.2 Å². The zero-order chi connectivity index (χ0) is 18.0. The van der Waals surface area contributed by atoms with E-state index in [1.54, 1.807) is 13.8 Å². The van der Waals surface area contributed by atoms with Crippen molar-refractivity contribution in [3.63, 3.8) is 0 Å². The van der Waals surface area contributed by atoms with Gasteiger partial charge in [-0.2, -0.15) is 0 Å². The quantitative estimate of drug-likeness (QED) is 0.492. The summed E-state index contributed by atoms with van der Waals surface area (Å²) in [5.41, 5.74) is 1.37. The van der Waals surface area contributed by atoms with Crippen LogP contribution in [0.25, 0.3) is 0 Å². The molecule has 0 saturated heterocycles. The molecule has 0 fully saturated rings. The molecule has 1 unspecified atom stereocenters. The molecule has 1 aliphatic heterocycles. The van der Waals surface area contributed by atoms with Crippen molar-refractivity contribution in [3.8, 4) is 0 Å². The van der Waals surface area contributed by atoms with Crippen LogP contribution in [-0.2, 0) is 14.3 Å². The molecule has 0 aromatic heterocycles. The lowest BCUT2D eigenvalue weighted by molar-refractivity contribution is -0.384. The zero-order valence-corrected chi connectivity index (χ0v) is 13.3. The fraction of sp³-hybridized carbons (Fsp3) is 0.250. The number of methoxy groups -OCH3 is 1. The normalized spacial score (nSPS) is 17.4. The molecule has 1 aromatic carbocycles. The molecule has 2 N–H and O–H groups in total. The predicted octanol–water partition coefficient (Wildman–Crippen LogP) is 2.09. The van der Waals surface area contributed by atoms with Gasteiger partial charge in [0.05, 0.1) is 29.1 Å². The number of hydrogen-bond donors (Lipinski definition) is 2. The van der Waals surface area contributed by atoms with Gasteiger partial charge >= 0.3 is 11.9 Å². The van der Waals surface area contributed by atoms with E-state index in [2.05, 4.69) is 5.32 Å². The van der Waals surface area contributed by atoms with E-state index in [1.807, 2.05) is 0 Å². The monoisotopic (exact) mass is 332 g/mol. The number of esters is 1. The van der Waals surface area contributed by atoms with Crippen LogP contribution < -0.4 is 5.32 Å². The van der Waals surface area contributed by atoms with Gasteiger partial charge in [-0.25, -0.2) is 9.59 Å². The first-order chi connectivity index (χ1) is 11.3. The standard InChI is InChI=1S/C16H16N2O6/c1-8-12(15(19)20)14(13(9(2)17-8)16(21)24-3)10-4-6-11(7-5-10)18(22)23/h4-7,14,17H,1-3H3,(H,19,20). The van der Waals surface area contributed by atoms with Gasteiger partial charge in [0.15, 0.2) is 0 Å². The molecule has 2 rings (SSSR count). The van der Waals surface area contributed by atoms with Crippen molar-refractivity contribution in [2.45, 2.75) is 19.8 Å². The summed E-state index contributed by atoms with van der Waals surface area (Å²) in [5.74, 6) is -2.72. The van der Waals surface area contributed by atoms with Gasteiger partial charge in [-0.15, -0.1) is 0 Å². The van der Waals surface area contributed by atoms with Crippen LogP contribution in [0.5, 0.6) is 0 Å². The Bertz CT molecular complexity index is 776. The molecule has 1 aromatic rings. The molecular formula is C16H16N2O6. The number of nitrogens with one attached hydrogen (secondary N) is 1. The van der Waals surface area contributed by atoms with Crippen molar-refractivity contribution < 1.29 is 24.4 Å². The average molecular weight is 332 g/mol. The number of carboxylic acid groups (broad SMARTS) is 1. The number of nitro benzene ring substituents is 1. The molecule has 0 radical (unpaired) electrons. The Hall–Kier alpha value is -3.16. The number of nitrogens with zero attached hydrogens (tertiary/aromatic N) is 1. The van der Waals surface area contributed by atoms with E-state index in [9.17, 15) is 24.8 Å². The number of dihydropyridines is 1. The Balaban J connectivity index is 2.64. The van der Waals surface area contributed by atoms with Crippen LogP contribution in [0.2, 0.25) is 0 Å². The van der Waals surface area contributed by atoms with E-state index >= 15 is 0 Å². The van der Waals surface area contributed by atoms with Crippen LogP contribution >= 0.6 is 0 Å². The fourth-order valence-electron chi connectivity index (χ4n) is 2.78. The van der Waals surface area contributed by atoms with E-state index in [0.29, 0.717) is 17.0 Å². The smallest absolute Gasteiger partial charge is 0.336 e. The van der Waals surface area contributed by atoms with Gasteiger partial charge in [0.1, 0.15) is 0 Å². The maximum absolute atomic E-state index is 12.2. The van der Waals surface area contributed by atoms with Crippen molar-refractivity contribution in [3.05, 3.63) is 62.5 Å². The Morgan fingerprint density at radius 2 is 1.71 bits per heavy atom. The number of non-ortho nitro benzene ring substituents is 1. The van der Waals surface area contributed by atoms with Crippen molar-refractivity contribution in [1.29, 1.82) is 0 Å². The second kappa shape index (κ2) is 6.53. The highest BCUT2D eigenvalue weighted by atomic mass is 16.6. The number of rotatable bonds is 4. The molecule has 0 amide bonds. The molecule has 24 heavy (non-hydrogen) atoms. The van der Waals surface area contributed by atoms with Gasteiger partial charge in [0.25, 0.3) is 5.69 Å². The minimum atomic E-state index is -1.18. The summed E-state index contributed by atoms with van der Waals surface area (Å²) in [6.07, 6.45) is 0. The third kappa shape index (κ3) is 2.98. The Kier molecular flexibility index (Phi) is 4.68. The van der Waals surface area contributed by atoms with Crippen LogP contribution in [0.3, 0.4) is 0 Å². The number of aliphatic carboxylic acids is 1. The SMILES string of the molecule is COC(=O)C1=C(C)NC(C)=C(C(=O)O)C1c1ccc([N+](=O)[O-])cc1. The van der Waals surface area contributed by atoms with Crippen molar-refractivity contribution in [2.24, 2.45) is 0 Å². The van der Waals surface area contributed by atoms with Gasteiger partial charge in [-0.3, -0.25) is 10.1 Å². The molecular weight excluding hydrogens is 316 g/mol. The van der Waals surface area contributed by atoms with Gasteiger partial charge in [0, 0.05) is 23.5 Å². The predicted molar refractivity (Wildman–Crippen MR) is 84.0 cm³/mol. The van der Waals surface area contributed by atoms with Gasteiger partial charge in [-0.1, -0.05) is 12.1 Å². The highest BCUT2D eigenvalue weighted by Gasteiger charge is 2.37. The number of hydrogen-bond acceptors (Lipinski definition) is 6. The van der Waals surface area contributed by atoms with Crippen LogP contribution in [0, 0.1) is 10.1 Å². The van der Waals surface area contributed by atoms with Crippen molar-refractivity contribution >= 4 is 17.6 Å². The third-order valence-corrected chi connectivity index (χ3v) is 3.83. The summed E-state index contributed by atoms with van der Waals surface area (Å²) in [4.78, 5) is 34.1. The van der Waals surface area contributed by atoms with Crippen LogP contribution in [0.4, 0.5) is 5.69 Å². The second-order valence-electron chi connectivity index (χ2n) is 5.28. The lowest BCUT2D eigenvalue weighted by Crippen LogP contribution is -2.31. The lowest BCUT2D eigenvalue weighted by Gasteiger charge is -2.29. The Morgan fingerprint density at radius 1 is 1.17 bits per heavy atom. The minimum Gasteiger partial charge on any atom is -0.478 e. The van der Waals surface area contributed by atoms with E-state index in [-0.39, 0.29) is 16.8 Å². The Labute approximate surface area is 137 Å². The summed E-state index contributed by atoms with van der Waals surface area (Å²) in [6.45, 7) is 3.24. The number of benzene rings is 1. The summed E-state index contributed by atoms with van der Waals surface area (Å²) in [5, 5.41) is 23.2. The first-order valence-electron chi connectivity index (χ1n) is 7.02. The third-order valence-electron chi connectivity index (χ3n) is 3.83. The largest absolute Gasteiger partial charge is 0.478 e. The summed E-state index contributed by atoms with van der Waals surface area (Å²) in [6, 6.07) is 5.44. The summed E-state index contributed by atoms with van der Waals surface area (Å²) >= 11 is 0. The van der Waals surface area contributed by atoms with Gasteiger partial charge in [-0.05, 0) is 19.4 Å². The number of carbonyl (C=O) groups is 2. The van der Waals surface area contributed by atoms with E-state index in [1.165, 1.54) is 31.4 Å². The molecule has 1 aliphatic rings. The summed E-state index contributed by atoms with van der Waals surface area (Å²) < 4.78 is 4.78. The Morgan fingerprint density at radius 3 is 2.17 bits per heavy atom. The van der Waals surface area contributed by atoms with E-state index < -0.39 is 22.8 Å². The van der Waals surface area contributed by atoms with E-state index in [4.69, 9.17) is 4.74 Å².